The van der Waals surface area contributed by atoms with Crippen molar-refractivity contribution in [1.82, 2.24) is 15.4 Å². The Hall–Kier alpha value is -2.46. The van der Waals surface area contributed by atoms with Crippen molar-refractivity contribution >= 4 is 27.9 Å². The molecule has 0 radical (unpaired) electrons. The molecule has 150 valence electrons. The lowest BCUT2D eigenvalue weighted by Gasteiger charge is -2.12. The van der Waals surface area contributed by atoms with Gasteiger partial charge in [0.25, 0.3) is 5.91 Å². The van der Waals surface area contributed by atoms with Crippen molar-refractivity contribution in [2.45, 2.75) is 45.1 Å². The maximum absolute atomic E-state index is 12.2. The molecule has 0 heterocycles. The van der Waals surface area contributed by atoms with Crippen molar-refractivity contribution in [2.24, 2.45) is 0 Å². The molecule has 9 nitrogen and oxygen atoms in total. The molecule has 0 aromatic heterocycles. The highest BCUT2D eigenvalue weighted by molar-refractivity contribution is 7.89. The summed E-state index contributed by atoms with van der Waals surface area (Å²) < 4.78 is 31.1. The van der Waals surface area contributed by atoms with Crippen LogP contribution < -0.4 is 15.4 Å². The Morgan fingerprint density at radius 1 is 1.15 bits per heavy atom. The Morgan fingerprint density at radius 2 is 1.81 bits per heavy atom. The van der Waals surface area contributed by atoms with Crippen LogP contribution in [0.25, 0.3) is 0 Å². The molecule has 27 heavy (non-hydrogen) atoms. The van der Waals surface area contributed by atoms with E-state index in [1.165, 1.54) is 12.1 Å². The molecule has 0 fully saturated rings. The molecule has 10 heteroatoms. The van der Waals surface area contributed by atoms with Crippen molar-refractivity contribution in [3.05, 3.63) is 29.3 Å². The number of hydrogen-bond acceptors (Lipinski definition) is 6. The maximum atomic E-state index is 12.2. The number of aryl methyl sites for hydroxylation is 2. The van der Waals surface area contributed by atoms with Crippen molar-refractivity contribution in [3.63, 3.8) is 0 Å². The van der Waals surface area contributed by atoms with Crippen LogP contribution >= 0.6 is 0 Å². The maximum Gasteiger partial charge on any atom is 0.321 e. The minimum atomic E-state index is -3.88. The first-order valence-electron chi connectivity index (χ1n) is 8.38. The van der Waals surface area contributed by atoms with Gasteiger partial charge in [0, 0.05) is 6.04 Å². The second-order valence-corrected chi connectivity index (χ2v) is 7.83. The lowest BCUT2D eigenvalue weighted by atomic mass is 10.1. The van der Waals surface area contributed by atoms with Gasteiger partial charge >= 0.3 is 12.0 Å². The van der Waals surface area contributed by atoms with E-state index in [4.69, 9.17) is 0 Å². The van der Waals surface area contributed by atoms with Crippen LogP contribution in [-0.2, 0) is 24.3 Å². The van der Waals surface area contributed by atoms with Gasteiger partial charge in [-0.25, -0.2) is 13.2 Å². The van der Waals surface area contributed by atoms with E-state index in [0.29, 0.717) is 6.42 Å². The van der Waals surface area contributed by atoms with Gasteiger partial charge in [0.1, 0.15) is 6.54 Å². The first-order chi connectivity index (χ1) is 12.5. The van der Waals surface area contributed by atoms with Crippen molar-refractivity contribution < 1.29 is 27.5 Å². The number of carbonyl (C=O) groups is 3. The summed E-state index contributed by atoms with van der Waals surface area (Å²) >= 11 is 0. The zero-order valence-corrected chi connectivity index (χ0v) is 16.6. The number of urea groups is 1. The number of benzene rings is 1. The monoisotopic (exact) mass is 399 g/mol. The third kappa shape index (κ3) is 7.75. The van der Waals surface area contributed by atoms with Gasteiger partial charge in [-0.3, -0.25) is 14.9 Å². The Labute approximate surface area is 158 Å². The molecule has 1 aromatic carbocycles. The highest BCUT2D eigenvalue weighted by Crippen LogP contribution is 2.14. The van der Waals surface area contributed by atoms with Gasteiger partial charge in [-0.15, -0.1) is 0 Å². The number of ether oxygens (including phenoxy) is 1. The summed E-state index contributed by atoms with van der Waals surface area (Å²) in [5.41, 5.74) is 1.74. The predicted molar refractivity (Wildman–Crippen MR) is 98.5 cm³/mol. The smallest absolute Gasteiger partial charge is 0.321 e. The van der Waals surface area contributed by atoms with Crippen LogP contribution in [0, 0.1) is 13.8 Å². The summed E-state index contributed by atoms with van der Waals surface area (Å²) in [4.78, 5) is 34.6. The molecule has 0 aliphatic heterocycles. The van der Waals surface area contributed by atoms with Crippen LogP contribution in [0.15, 0.2) is 23.1 Å². The summed E-state index contributed by atoms with van der Waals surface area (Å²) in [6, 6.07) is 3.78. The second-order valence-electron chi connectivity index (χ2n) is 6.06. The van der Waals surface area contributed by atoms with Gasteiger partial charge < -0.3 is 10.1 Å². The molecule has 0 saturated heterocycles. The first kappa shape index (κ1) is 22.6. The van der Waals surface area contributed by atoms with Gasteiger partial charge in [0.2, 0.25) is 10.0 Å². The van der Waals surface area contributed by atoms with Gasteiger partial charge in [-0.05, 0) is 50.5 Å². The molecule has 0 aliphatic rings. The Kier molecular flexibility index (Phi) is 8.38. The molecule has 0 bridgehead atoms. The number of rotatable bonds is 8. The minimum absolute atomic E-state index is 0.0258. The van der Waals surface area contributed by atoms with Crippen molar-refractivity contribution in [2.75, 3.05) is 13.2 Å². The second kappa shape index (κ2) is 10.0. The molecule has 1 aromatic rings. The third-order valence-electron chi connectivity index (χ3n) is 3.80. The number of nitrogens with one attached hydrogen (secondary N) is 3. The van der Waals surface area contributed by atoms with E-state index >= 15 is 0 Å². The van der Waals surface area contributed by atoms with Crippen LogP contribution in [0.4, 0.5) is 4.79 Å². The predicted octanol–water partition coefficient (Wildman–Crippen LogP) is 0.749. The lowest BCUT2D eigenvalue weighted by molar-refractivity contribution is -0.147. The number of esters is 1. The molecule has 1 rings (SSSR count). The normalized spacial score (nSPS) is 12.1. The van der Waals surface area contributed by atoms with E-state index in [1.807, 2.05) is 19.2 Å². The average Bonchev–Trinajstić information content (AvgIpc) is 2.60. The highest BCUT2D eigenvalue weighted by atomic mass is 32.2. The number of imide groups is 1. The molecule has 1 atom stereocenters. The molecule has 0 spiro atoms. The molecule has 0 saturated carbocycles. The zero-order valence-electron chi connectivity index (χ0n) is 15.8. The highest BCUT2D eigenvalue weighted by Gasteiger charge is 2.18. The van der Waals surface area contributed by atoms with E-state index in [1.54, 1.807) is 19.9 Å². The van der Waals surface area contributed by atoms with E-state index in [-0.39, 0.29) is 10.9 Å². The summed E-state index contributed by atoms with van der Waals surface area (Å²) in [6.07, 6.45) is 0.692. The van der Waals surface area contributed by atoms with Crippen LogP contribution in [-0.4, -0.2) is 45.5 Å². The summed E-state index contributed by atoms with van der Waals surface area (Å²) in [6.45, 7) is 5.93. The Bertz CT molecular complexity index is 807. The Balaban J connectivity index is 2.45. The van der Waals surface area contributed by atoms with Gasteiger partial charge in [-0.2, -0.15) is 4.72 Å². The molecule has 3 N–H and O–H groups in total. The SMILES string of the molecule is CC[C@H](C)NC(=O)NC(=O)COC(=O)CNS(=O)(=O)c1ccc(C)c(C)c1. The number of carbonyl (C=O) groups excluding carboxylic acids is 3. The van der Waals surface area contributed by atoms with Crippen LogP contribution in [0.2, 0.25) is 0 Å². The van der Waals surface area contributed by atoms with Crippen molar-refractivity contribution in [3.8, 4) is 0 Å². The largest absolute Gasteiger partial charge is 0.455 e. The van der Waals surface area contributed by atoms with E-state index in [9.17, 15) is 22.8 Å². The van der Waals surface area contributed by atoms with E-state index in [0.717, 1.165) is 11.1 Å². The number of hydrogen-bond donors (Lipinski definition) is 3. The fourth-order valence-electron chi connectivity index (χ4n) is 1.84. The van der Waals surface area contributed by atoms with Gasteiger partial charge in [0.15, 0.2) is 6.61 Å². The standard InChI is InChI=1S/C17H25N3O6S/c1-5-13(4)19-17(23)20-15(21)10-26-16(22)9-18-27(24,25)14-7-6-11(2)12(3)8-14/h6-8,13,18H,5,9-10H2,1-4H3,(H2,19,20,21,23)/t13-/m0/s1. The van der Waals surface area contributed by atoms with Crippen LogP contribution in [0.3, 0.4) is 0 Å². The fourth-order valence-corrected chi connectivity index (χ4v) is 2.89. The third-order valence-corrected chi connectivity index (χ3v) is 5.20. The Morgan fingerprint density at radius 3 is 2.41 bits per heavy atom. The first-order valence-corrected chi connectivity index (χ1v) is 9.86. The van der Waals surface area contributed by atoms with Crippen LogP contribution in [0.1, 0.15) is 31.4 Å². The van der Waals surface area contributed by atoms with Gasteiger partial charge in [0.05, 0.1) is 4.90 Å². The molecular formula is C17H25N3O6S. The average molecular weight is 399 g/mol. The summed E-state index contributed by atoms with van der Waals surface area (Å²) in [5, 5.41) is 4.52. The summed E-state index contributed by atoms with van der Waals surface area (Å²) in [7, 11) is -3.88. The molecule has 0 unspecified atom stereocenters. The molecular weight excluding hydrogens is 374 g/mol. The van der Waals surface area contributed by atoms with E-state index in [2.05, 4.69) is 14.8 Å². The number of amides is 3. The van der Waals surface area contributed by atoms with Crippen molar-refractivity contribution in [1.29, 1.82) is 0 Å². The molecule has 3 amide bonds. The quantitative estimate of drug-likeness (QED) is 0.553. The lowest BCUT2D eigenvalue weighted by Crippen LogP contribution is -2.45. The fraction of sp³-hybridized carbons (Fsp3) is 0.471. The number of sulfonamides is 1. The zero-order chi connectivity index (χ0) is 20.6. The molecule has 0 aliphatic carbocycles. The topological polar surface area (TPSA) is 131 Å². The van der Waals surface area contributed by atoms with Gasteiger partial charge in [-0.1, -0.05) is 13.0 Å². The van der Waals surface area contributed by atoms with Crippen LogP contribution in [0.5, 0.6) is 0 Å². The minimum Gasteiger partial charge on any atom is -0.455 e. The van der Waals surface area contributed by atoms with E-state index < -0.39 is 41.1 Å². The summed E-state index contributed by atoms with van der Waals surface area (Å²) in [5.74, 6) is -1.76.